The zero-order valence-corrected chi connectivity index (χ0v) is 25.0. The summed E-state index contributed by atoms with van der Waals surface area (Å²) in [6, 6.07) is 12.3. The number of piperazine rings is 1. The second-order valence-corrected chi connectivity index (χ2v) is 12.6. The molecule has 2 aromatic carbocycles. The third-order valence-corrected chi connectivity index (χ3v) is 9.38. The summed E-state index contributed by atoms with van der Waals surface area (Å²) in [5.41, 5.74) is 0.0726. The van der Waals surface area contributed by atoms with Crippen molar-refractivity contribution < 1.29 is 18.0 Å². The van der Waals surface area contributed by atoms with Crippen molar-refractivity contribution in [3.8, 4) is 6.07 Å². The van der Waals surface area contributed by atoms with E-state index in [4.69, 9.17) is 10.8 Å². The molecule has 2 heterocycles. The van der Waals surface area contributed by atoms with Crippen LogP contribution < -0.4 is 4.90 Å². The van der Waals surface area contributed by atoms with E-state index >= 15 is 0 Å². The topological polar surface area (TPSA) is 102 Å². The number of rotatable bonds is 7. The number of hydrogen-bond donors (Lipinski definition) is 2. The van der Waals surface area contributed by atoms with Crippen LogP contribution in [0.2, 0.25) is 0 Å². The minimum absolute atomic E-state index is 0.0235. The third-order valence-electron chi connectivity index (χ3n) is 9.38. The lowest BCUT2D eigenvalue weighted by Gasteiger charge is -2.47. The van der Waals surface area contributed by atoms with Gasteiger partial charge in [0, 0.05) is 56.4 Å². The summed E-state index contributed by atoms with van der Waals surface area (Å²) in [5, 5.41) is 25.8. The highest BCUT2D eigenvalue weighted by atomic mass is 19.4. The first kappa shape index (κ1) is 30.7. The maximum absolute atomic E-state index is 14.4. The first-order valence-electron chi connectivity index (χ1n) is 14.6. The van der Waals surface area contributed by atoms with Gasteiger partial charge in [0.25, 0.3) is 5.91 Å². The number of carbonyl (C=O) groups excluding carboxylic acids is 1. The number of nitrogens with one attached hydrogen (secondary N) is 2. The van der Waals surface area contributed by atoms with Crippen molar-refractivity contribution in [1.82, 2.24) is 14.7 Å². The van der Waals surface area contributed by atoms with Crippen LogP contribution in [0.15, 0.2) is 36.4 Å². The first-order chi connectivity index (χ1) is 20.3. The summed E-state index contributed by atoms with van der Waals surface area (Å²) in [6.45, 7) is 6.77. The van der Waals surface area contributed by atoms with Gasteiger partial charge in [0.05, 0.1) is 29.9 Å². The van der Waals surface area contributed by atoms with E-state index in [1.165, 1.54) is 15.9 Å². The van der Waals surface area contributed by atoms with Crippen LogP contribution in [-0.2, 0) is 24.7 Å². The molecule has 228 valence electrons. The highest BCUT2D eigenvalue weighted by Gasteiger charge is 2.50. The summed E-state index contributed by atoms with van der Waals surface area (Å²) < 4.78 is 43.3. The molecule has 0 spiro atoms. The lowest BCUT2D eigenvalue weighted by molar-refractivity contribution is -0.138. The van der Waals surface area contributed by atoms with Crippen molar-refractivity contribution in [2.24, 2.45) is 11.8 Å². The lowest BCUT2D eigenvalue weighted by Crippen LogP contribution is -2.53. The predicted octanol–water partition coefficient (Wildman–Crippen LogP) is 5.33. The van der Waals surface area contributed by atoms with E-state index < -0.39 is 23.1 Å². The van der Waals surface area contributed by atoms with E-state index in [2.05, 4.69) is 36.8 Å². The van der Waals surface area contributed by atoms with Crippen molar-refractivity contribution in [2.75, 3.05) is 38.6 Å². The molecule has 5 rings (SSSR count). The van der Waals surface area contributed by atoms with Gasteiger partial charge in [0.1, 0.15) is 5.84 Å². The normalized spacial score (nSPS) is 24.4. The molecule has 1 atom stereocenters. The molecule has 0 bridgehead atoms. The molecule has 1 saturated heterocycles. The Labute approximate surface area is 250 Å². The van der Waals surface area contributed by atoms with E-state index in [1.807, 2.05) is 6.07 Å². The molecular formula is C32H38F3N7O. The molecule has 2 aromatic rings. The Morgan fingerprint density at radius 2 is 1.95 bits per heavy atom. The van der Waals surface area contributed by atoms with Gasteiger partial charge < -0.3 is 14.7 Å². The van der Waals surface area contributed by atoms with Crippen LogP contribution in [0.5, 0.6) is 0 Å². The monoisotopic (exact) mass is 593 g/mol. The first-order valence-corrected chi connectivity index (χ1v) is 14.6. The van der Waals surface area contributed by atoms with Gasteiger partial charge in [-0.1, -0.05) is 26.0 Å². The van der Waals surface area contributed by atoms with Crippen molar-refractivity contribution in [2.45, 2.75) is 57.4 Å². The summed E-state index contributed by atoms with van der Waals surface area (Å²) in [7, 11) is 3.65. The Morgan fingerprint density at radius 3 is 2.58 bits per heavy atom. The lowest BCUT2D eigenvalue weighted by atomic mass is 9.58. The number of nitrogens with zero attached hydrogens (tertiary/aromatic N) is 5. The van der Waals surface area contributed by atoms with Crippen LogP contribution in [-0.4, -0.2) is 72.6 Å². The summed E-state index contributed by atoms with van der Waals surface area (Å²) in [4.78, 5) is 21.0. The maximum Gasteiger partial charge on any atom is 0.416 e. The fraction of sp³-hybridized carbons (Fsp3) is 0.500. The van der Waals surface area contributed by atoms with Gasteiger partial charge in [-0.25, -0.2) is 0 Å². The average molecular weight is 594 g/mol. The molecule has 0 unspecified atom stereocenters. The number of amidine groups is 1. The predicted molar refractivity (Wildman–Crippen MR) is 159 cm³/mol. The van der Waals surface area contributed by atoms with Crippen molar-refractivity contribution >= 4 is 23.8 Å². The standard InChI is InChI=1S/C32H38F3N7O/c1-20(2)28-18-39(3)8-9-41(28)16-21-10-25-26(27(11-21)32(33,34)35)17-42(29(25)43)24-7-5-6-23(12-24)31(13-22(14-31)15-36)30(38)40(4)19-37/h5-7,10-12,19-20,22,28,37-38H,8-9,13-14,16-18H2,1-4H3/t22-,28-,31+/m1/s1. The molecule has 3 aliphatic rings. The molecule has 1 aliphatic carbocycles. The highest BCUT2D eigenvalue weighted by molar-refractivity contribution is 6.10. The Kier molecular flexibility index (Phi) is 8.13. The highest BCUT2D eigenvalue weighted by Crippen LogP contribution is 2.50. The van der Waals surface area contributed by atoms with Crippen LogP contribution >= 0.6 is 0 Å². The van der Waals surface area contributed by atoms with Gasteiger partial charge >= 0.3 is 6.18 Å². The van der Waals surface area contributed by atoms with Crippen LogP contribution in [0.3, 0.4) is 0 Å². The number of alkyl halides is 3. The van der Waals surface area contributed by atoms with Crippen LogP contribution in [0, 0.1) is 34.0 Å². The van der Waals surface area contributed by atoms with Gasteiger partial charge in [-0.2, -0.15) is 18.4 Å². The Balaban J connectivity index is 1.49. The van der Waals surface area contributed by atoms with Crippen molar-refractivity contribution in [1.29, 1.82) is 16.1 Å². The summed E-state index contributed by atoms with van der Waals surface area (Å²) in [5.74, 6) is -0.243. The fourth-order valence-electron chi connectivity index (χ4n) is 6.89. The van der Waals surface area contributed by atoms with Gasteiger partial charge in [0.2, 0.25) is 0 Å². The van der Waals surface area contributed by atoms with E-state index in [0.717, 1.165) is 26.0 Å². The number of fused-ring (bicyclic) bond motifs is 1. The number of likely N-dealkylation sites (N-methyl/N-ethyl adjacent to an activating group) is 2. The Bertz CT molecular complexity index is 1470. The largest absolute Gasteiger partial charge is 0.416 e. The number of hydrogen-bond acceptors (Lipinski definition) is 6. The molecule has 0 aromatic heterocycles. The van der Waals surface area contributed by atoms with Gasteiger partial charge in [-0.15, -0.1) is 0 Å². The minimum Gasteiger partial charge on any atom is -0.324 e. The molecule has 0 radical (unpaired) electrons. The molecule has 2 fully saturated rings. The number of carbonyl (C=O) groups is 1. The zero-order valence-electron chi connectivity index (χ0n) is 25.0. The zero-order chi connectivity index (χ0) is 31.3. The van der Waals surface area contributed by atoms with Crippen LogP contribution in [0.4, 0.5) is 18.9 Å². The van der Waals surface area contributed by atoms with Gasteiger partial charge in [-0.05, 0) is 66.8 Å². The van der Waals surface area contributed by atoms with Crippen LogP contribution in [0.25, 0.3) is 0 Å². The fourth-order valence-corrected chi connectivity index (χ4v) is 6.89. The molecule has 1 saturated carbocycles. The average Bonchev–Trinajstić information content (AvgIpc) is 3.28. The van der Waals surface area contributed by atoms with Gasteiger partial charge in [0.15, 0.2) is 0 Å². The SMILES string of the molecule is CC(C)[C@H]1CN(C)CCN1Cc1cc2c(c(C(F)(F)F)c1)CN(c1cccc([C@]3(C(=N)N(C)C=N)C[C@@H](C#N)C3)c1)C2=O. The second-order valence-electron chi connectivity index (χ2n) is 12.6. The Hall–Kier alpha value is -3.75. The van der Waals surface area contributed by atoms with E-state index in [-0.39, 0.29) is 35.5 Å². The quantitative estimate of drug-likeness (QED) is 0.334. The third kappa shape index (κ3) is 5.54. The minimum atomic E-state index is -4.62. The van der Waals surface area contributed by atoms with Gasteiger partial charge in [-0.3, -0.25) is 20.5 Å². The molecule has 2 N–H and O–H groups in total. The molecule has 2 aliphatic heterocycles. The summed E-state index contributed by atoms with van der Waals surface area (Å²) >= 11 is 0. The smallest absolute Gasteiger partial charge is 0.324 e. The number of nitriles is 1. The molecule has 43 heavy (non-hydrogen) atoms. The molecule has 1 amide bonds. The molecular weight excluding hydrogens is 555 g/mol. The Morgan fingerprint density at radius 1 is 1.23 bits per heavy atom. The second kappa shape index (κ2) is 11.4. The maximum atomic E-state index is 14.4. The number of amides is 1. The van der Waals surface area contributed by atoms with E-state index in [0.29, 0.717) is 42.1 Å². The number of benzene rings is 2. The van der Waals surface area contributed by atoms with E-state index in [9.17, 15) is 23.2 Å². The number of halogens is 3. The molecule has 11 heteroatoms. The van der Waals surface area contributed by atoms with Crippen molar-refractivity contribution in [3.63, 3.8) is 0 Å². The van der Waals surface area contributed by atoms with Crippen LogP contribution in [0.1, 0.15) is 59.3 Å². The molecule has 8 nitrogen and oxygen atoms in total. The van der Waals surface area contributed by atoms with Crippen molar-refractivity contribution in [3.05, 3.63) is 64.2 Å². The summed E-state index contributed by atoms with van der Waals surface area (Å²) in [6.07, 6.45) is -2.80. The van der Waals surface area contributed by atoms with E-state index in [1.54, 1.807) is 31.3 Å². The number of anilines is 1.